The highest BCUT2D eigenvalue weighted by atomic mass is 35.5. The van der Waals surface area contributed by atoms with Crippen molar-refractivity contribution in [3.63, 3.8) is 0 Å². The molecule has 4 aromatic rings. The van der Waals surface area contributed by atoms with Crippen LogP contribution in [0.3, 0.4) is 0 Å². The Labute approximate surface area is 303 Å². The molecule has 0 fully saturated rings. The van der Waals surface area contributed by atoms with Gasteiger partial charge in [0.25, 0.3) is 0 Å². The predicted molar refractivity (Wildman–Crippen MR) is 209 cm³/mol. The minimum atomic E-state index is -0.0977. The molecule has 5 nitrogen and oxygen atoms in total. The van der Waals surface area contributed by atoms with Gasteiger partial charge < -0.3 is 4.90 Å². The van der Waals surface area contributed by atoms with Crippen molar-refractivity contribution < 1.29 is 4.58 Å². The molecule has 0 spiro atoms. The Balaban J connectivity index is 1.36. The maximum absolute atomic E-state index is 6.39. The van der Waals surface area contributed by atoms with E-state index in [0.29, 0.717) is 5.02 Å². The van der Waals surface area contributed by atoms with Gasteiger partial charge in [-0.05, 0) is 80.5 Å². The fourth-order valence-corrected chi connectivity index (χ4v) is 8.44. The van der Waals surface area contributed by atoms with Crippen molar-refractivity contribution in [1.29, 1.82) is 0 Å². The van der Waals surface area contributed by atoms with Crippen molar-refractivity contribution in [3.8, 4) is 11.3 Å². The van der Waals surface area contributed by atoms with Crippen molar-refractivity contribution in [1.82, 2.24) is 15.0 Å². The molecule has 0 bridgehead atoms. The zero-order valence-corrected chi connectivity index (χ0v) is 31.1. The lowest BCUT2D eigenvalue weighted by Crippen LogP contribution is -2.28. The zero-order chi connectivity index (χ0) is 35.0. The topological polar surface area (TPSA) is 37.0 Å². The van der Waals surface area contributed by atoms with E-state index in [9.17, 15) is 0 Å². The van der Waals surface area contributed by atoms with Gasteiger partial charge in [0.2, 0.25) is 5.69 Å². The normalized spacial score (nSPS) is 19.7. The predicted octanol–water partition coefficient (Wildman–Crippen LogP) is 11.1. The molecule has 7 rings (SSSR count). The monoisotopic (exact) mass is 682 g/mol. The highest BCUT2D eigenvalue weighted by Gasteiger charge is 2.44. The lowest BCUT2D eigenvalue weighted by molar-refractivity contribution is -0.437. The molecule has 50 heavy (non-hydrogen) atoms. The minimum Gasteiger partial charge on any atom is -0.344 e. The van der Waals surface area contributed by atoms with Gasteiger partial charge in [-0.25, -0.2) is 4.68 Å². The van der Waals surface area contributed by atoms with Crippen LogP contribution in [0, 0.1) is 0 Å². The van der Waals surface area contributed by atoms with Crippen molar-refractivity contribution in [2.24, 2.45) is 0 Å². The van der Waals surface area contributed by atoms with Crippen LogP contribution < -0.4 is 4.90 Å². The van der Waals surface area contributed by atoms with Crippen molar-refractivity contribution in [2.45, 2.75) is 84.5 Å². The maximum atomic E-state index is 6.39. The smallest absolute Gasteiger partial charge is 0.209 e. The Kier molecular flexibility index (Phi) is 9.30. The number of halogens is 1. The van der Waals surface area contributed by atoms with Crippen LogP contribution in [0.15, 0.2) is 120 Å². The first-order valence-corrected chi connectivity index (χ1v) is 18.7. The van der Waals surface area contributed by atoms with E-state index in [1.807, 2.05) is 28.9 Å². The van der Waals surface area contributed by atoms with Crippen LogP contribution in [-0.2, 0) is 10.8 Å². The first kappa shape index (κ1) is 34.0. The number of fused-ring (bicyclic) bond motifs is 2. The van der Waals surface area contributed by atoms with E-state index in [2.05, 4.69) is 135 Å². The molecular weight excluding hydrogens is 634 g/mol. The summed E-state index contributed by atoms with van der Waals surface area (Å²) in [5.41, 5.74) is 13.3. The maximum Gasteiger partial charge on any atom is 0.209 e. The number of hydrogen-bond donors (Lipinski definition) is 0. The lowest BCUT2D eigenvalue weighted by atomic mass is 9.81. The van der Waals surface area contributed by atoms with Crippen LogP contribution in [0.25, 0.3) is 17.0 Å². The molecule has 1 aliphatic carbocycles. The van der Waals surface area contributed by atoms with Gasteiger partial charge >= 0.3 is 0 Å². The first-order valence-electron chi connectivity index (χ1n) is 18.3. The van der Waals surface area contributed by atoms with Gasteiger partial charge in [0.1, 0.15) is 12.2 Å². The number of para-hydroxylation sites is 2. The standard InChI is InChI=1S/C44H49ClN5/c1-7-27-48-38-21-11-9-19-35(38)43(3,4)40(48)25-23-31-15-13-16-32(42(31)50-30-37(46-47-50)33-17-14-18-34(45)29-33)24-26-41-44(5,6)36-20-10-12-22-39(36)49(41)28-8-2/h9-12,14,17-26,29-30H,7-8,13,15-16,27-28H2,1-6H3/q+1. The van der Waals surface area contributed by atoms with Crippen LogP contribution in [0.2, 0.25) is 5.02 Å². The highest BCUT2D eigenvalue weighted by molar-refractivity contribution is 6.30. The largest absolute Gasteiger partial charge is 0.344 e. The molecule has 0 saturated carbocycles. The summed E-state index contributed by atoms with van der Waals surface area (Å²) < 4.78 is 4.52. The molecular formula is C44H49ClN5+. The summed E-state index contributed by atoms with van der Waals surface area (Å²) >= 11 is 6.39. The van der Waals surface area contributed by atoms with Crippen LogP contribution >= 0.6 is 11.6 Å². The summed E-state index contributed by atoms with van der Waals surface area (Å²) in [6.07, 6.45) is 16.7. The number of nitrogens with zero attached hydrogens (tertiary/aromatic N) is 5. The summed E-state index contributed by atoms with van der Waals surface area (Å²) in [5.74, 6) is 0. The molecule has 256 valence electrons. The van der Waals surface area contributed by atoms with E-state index in [1.54, 1.807) is 0 Å². The summed E-state index contributed by atoms with van der Waals surface area (Å²) in [4.78, 5) is 2.52. The molecule has 3 heterocycles. The molecule has 0 N–H and O–H groups in total. The molecule has 0 radical (unpaired) electrons. The van der Waals surface area contributed by atoms with Gasteiger partial charge in [0.15, 0.2) is 5.71 Å². The second-order valence-electron chi connectivity index (χ2n) is 14.8. The number of rotatable bonds is 9. The van der Waals surface area contributed by atoms with Gasteiger partial charge in [0.05, 0.1) is 17.3 Å². The average Bonchev–Trinajstić information content (AvgIpc) is 3.74. The van der Waals surface area contributed by atoms with E-state index in [-0.39, 0.29) is 10.8 Å². The highest BCUT2D eigenvalue weighted by Crippen LogP contribution is 2.48. The number of hydrogen-bond acceptors (Lipinski definition) is 3. The molecule has 2 aliphatic heterocycles. The fourth-order valence-electron chi connectivity index (χ4n) is 8.25. The Morgan fingerprint density at radius 1 is 0.840 bits per heavy atom. The molecule has 1 aromatic heterocycles. The van der Waals surface area contributed by atoms with Crippen LogP contribution in [0.4, 0.5) is 11.4 Å². The van der Waals surface area contributed by atoms with Gasteiger partial charge in [-0.15, -0.1) is 5.10 Å². The van der Waals surface area contributed by atoms with E-state index >= 15 is 0 Å². The van der Waals surface area contributed by atoms with Crippen LogP contribution in [-0.4, -0.2) is 38.4 Å². The minimum absolute atomic E-state index is 0.0977. The second-order valence-corrected chi connectivity index (χ2v) is 15.3. The van der Waals surface area contributed by atoms with E-state index in [4.69, 9.17) is 16.8 Å². The zero-order valence-electron chi connectivity index (χ0n) is 30.4. The van der Waals surface area contributed by atoms with Gasteiger partial charge in [-0.1, -0.05) is 105 Å². The summed E-state index contributed by atoms with van der Waals surface area (Å²) in [5, 5.41) is 10.1. The Morgan fingerprint density at radius 3 is 2.40 bits per heavy atom. The first-order chi connectivity index (χ1) is 24.1. The van der Waals surface area contributed by atoms with E-state index in [1.165, 1.54) is 45.1 Å². The summed E-state index contributed by atoms with van der Waals surface area (Å²) in [6.45, 7) is 15.9. The molecule has 3 aliphatic rings. The third kappa shape index (κ3) is 6.00. The van der Waals surface area contributed by atoms with Crippen LogP contribution in [0.5, 0.6) is 0 Å². The molecule has 0 saturated heterocycles. The summed E-state index contributed by atoms with van der Waals surface area (Å²) in [7, 11) is 0. The molecule has 3 aromatic carbocycles. The Morgan fingerprint density at radius 2 is 1.62 bits per heavy atom. The molecule has 6 heteroatoms. The third-order valence-electron chi connectivity index (χ3n) is 10.7. The third-order valence-corrected chi connectivity index (χ3v) is 11.0. The van der Waals surface area contributed by atoms with Gasteiger partial charge in [-0.3, -0.25) is 0 Å². The Hall–Kier alpha value is -4.48. The SMILES string of the molecule is CCCN1/C(=C/C=C2\CCCC(/C=C/C3=[N+](CCC)c4ccccc4C3(C)C)=C2n2cc(-c3cccc(Cl)c3)nn2)C(C)(C)c2ccccc21. The van der Waals surface area contributed by atoms with E-state index in [0.717, 1.165) is 62.1 Å². The van der Waals surface area contributed by atoms with Gasteiger partial charge in [0, 0.05) is 58.1 Å². The number of aromatic nitrogens is 3. The number of anilines is 1. The molecule has 0 atom stereocenters. The molecule has 0 unspecified atom stereocenters. The van der Waals surface area contributed by atoms with E-state index < -0.39 is 0 Å². The lowest BCUT2D eigenvalue weighted by Gasteiger charge is -2.27. The Bertz CT molecular complexity index is 2090. The van der Waals surface area contributed by atoms with Crippen LogP contribution in [0.1, 0.15) is 84.8 Å². The number of benzene rings is 3. The van der Waals surface area contributed by atoms with Gasteiger partial charge in [-0.2, -0.15) is 4.58 Å². The number of allylic oxidation sites excluding steroid dienone is 8. The quantitative estimate of drug-likeness (QED) is 0.165. The average molecular weight is 683 g/mol. The van der Waals surface area contributed by atoms with Crippen molar-refractivity contribution in [3.05, 3.63) is 136 Å². The second kappa shape index (κ2) is 13.7. The summed E-state index contributed by atoms with van der Waals surface area (Å²) in [6, 6.07) is 25.6. The molecule has 0 amide bonds. The van der Waals surface area contributed by atoms with Crippen molar-refractivity contribution in [2.75, 3.05) is 18.0 Å². The fraction of sp³-hybridized carbons (Fsp3) is 0.341. The van der Waals surface area contributed by atoms with Crippen molar-refractivity contribution >= 4 is 34.4 Å².